The van der Waals surface area contributed by atoms with Gasteiger partial charge in [0.15, 0.2) is 0 Å². The third-order valence-corrected chi connectivity index (χ3v) is 3.74. The van der Waals surface area contributed by atoms with Crippen molar-refractivity contribution in [1.82, 2.24) is 10.3 Å². The molecule has 19 heavy (non-hydrogen) atoms. The molecule has 5 nitrogen and oxygen atoms in total. The zero-order valence-electron chi connectivity index (χ0n) is 10.3. The molecule has 1 unspecified atom stereocenters. The van der Waals surface area contributed by atoms with Crippen LogP contribution in [-0.2, 0) is 4.79 Å². The Bertz CT molecular complexity index is 598. The number of oxazole rings is 1. The molecule has 0 spiro atoms. The van der Waals surface area contributed by atoms with E-state index in [2.05, 4.69) is 15.6 Å². The lowest BCUT2D eigenvalue weighted by Crippen LogP contribution is -2.27. The van der Waals surface area contributed by atoms with Gasteiger partial charge in [0.25, 0.3) is 5.22 Å². The lowest BCUT2D eigenvalue weighted by molar-refractivity contribution is -0.117. The van der Waals surface area contributed by atoms with Gasteiger partial charge in [0.05, 0.1) is 6.20 Å². The molecule has 1 aromatic carbocycles. The summed E-state index contributed by atoms with van der Waals surface area (Å²) in [6.07, 6.45) is 3.15. The number of anilines is 1. The first-order valence-electron chi connectivity index (χ1n) is 6.03. The number of nitrogens with zero attached hydrogens (tertiary/aromatic N) is 1. The van der Waals surface area contributed by atoms with Gasteiger partial charge in [-0.15, -0.1) is 0 Å². The van der Waals surface area contributed by atoms with Crippen molar-refractivity contribution in [3.8, 4) is 0 Å². The largest absolute Gasteiger partial charge is 0.440 e. The zero-order valence-corrected chi connectivity index (χ0v) is 11.2. The SMILES string of the molecule is CCNC1C(=O)Nc2cc(Sc3ncco3)ccc21. The Morgan fingerprint density at radius 3 is 3.16 bits per heavy atom. The second-order valence-electron chi connectivity index (χ2n) is 4.13. The molecule has 1 aromatic heterocycles. The molecule has 1 atom stereocenters. The topological polar surface area (TPSA) is 67.2 Å². The molecule has 0 saturated carbocycles. The first-order valence-corrected chi connectivity index (χ1v) is 6.85. The number of carbonyl (C=O) groups excluding carboxylic acids is 1. The fourth-order valence-electron chi connectivity index (χ4n) is 2.07. The molecular weight excluding hydrogens is 262 g/mol. The van der Waals surface area contributed by atoms with Crippen LogP contribution in [0.4, 0.5) is 5.69 Å². The highest BCUT2D eigenvalue weighted by Gasteiger charge is 2.29. The van der Waals surface area contributed by atoms with Crippen LogP contribution in [0.5, 0.6) is 0 Å². The summed E-state index contributed by atoms with van der Waals surface area (Å²) < 4.78 is 5.19. The molecule has 1 aliphatic rings. The summed E-state index contributed by atoms with van der Waals surface area (Å²) in [5.74, 6) is -0.00452. The second kappa shape index (κ2) is 5.07. The summed E-state index contributed by atoms with van der Waals surface area (Å²) in [6.45, 7) is 2.74. The number of benzene rings is 1. The number of hydrogen-bond acceptors (Lipinski definition) is 5. The fourth-order valence-corrected chi connectivity index (χ4v) is 2.81. The lowest BCUT2D eigenvalue weighted by Gasteiger charge is -2.09. The van der Waals surface area contributed by atoms with Gasteiger partial charge in [-0.1, -0.05) is 13.0 Å². The van der Waals surface area contributed by atoms with Crippen LogP contribution in [0.3, 0.4) is 0 Å². The van der Waals surface area contributed by atoms with Gasteiger partial charge in [0.2, 0.25) is 5.91 Å². The van der Waals surface area contributed by atoms with Gasteiger partial charge in [-0.3, -0.25) is 4.79 Å². The minimum absolute atomic E-state index is 0.00452. The summed E-state index contributed by atoms with van der Waals surface area (Å²) in [6, 6.07) is 5.63. The van der Waals surface area contributed by atoms with E-state index < -0.39 is 0 Å². The maximum atomic E-state index is 11.8. The van der Waals surface area contributed by atoms with Crippen molar-refractivity contribution in [2.45, 2.75) is 23.1 Å². The van der Waals surface area contributed by atoms with Gasteiger partial charge in [0, 0.05) is 16.1 Å². The smallest absolute Gasteiger partial charge is 0.260 e. The van der Waals surface area contributed by atoms with Gasteiger partial charge < -0.3 is 15.1 Å². The monoisotopic (exact) mass is 275 g/mol. The Morgan fingerprint density at radius 1 is 1.53 bits per heavy atom. The Morgan fingerprint density at radius 2 is 2.42 bits per heavy atom. The minimum atomic E-state index is -0.249. The summed E-state index contributed by atoms with van der Waals surface area (Å²) in [5, 5.41) is 6.64. The molecule has 1 aliphatic heterocycles. The van der Waals surface area contributed by atoms with E-state index >= 15 is 0 Å². The molecule has 2 N–H and O–H groups in total. The molecule has 6 heteroatoms. The molecule has 3 rings (SSSR count). The van der Waals surface area contributed by atoms with Crippen molar-refractivity contribution in [2.75, 3.05) is 11.9 Å². The van der Waals surface area contributed by atoms with E-state index in [0.29, 0.717) is 5.22 Å². The molecule has 0 fully saturated rings. The summed E-state index contributed by atoms with van der Waals surface area (Å²) in [5.41, 5.74) is 1.84. The van der Waals surface area contributed by atoms with Gasteiger partial charge in [-0.05, 0) is 30.4 Å². The molecule has 0 bridgehead atoms. The Labute approximate surface area is 114 Å². The predicted molar refractivity (Wildman–Crippen MR) is 72.1 cm³/mol. The van der Waals surface area contributed by atoms with Crippen molar-refractivity contribution in [2.24, 2.45) is 0 Å². The van der Waals surface area contributed by atoms with E-state index in [1.807, 2.05) is 25.1 Å². The van der Waals surface area contributed by atoms with Crippen LogP contribution >= 0.6 is 11.8 Å². The molecule has 2 heterocycles. The van der Waals surface area contributed by atoms with Crippen LogP contribution < -0.4 is 10.6 Å². The standard InChI is InChI=1S/C13H13N3O2S/c1-2-14-11-9-4-3-8(7-10(9)16-12(11)17)19-13-15-5-6-18-13/h3-7,11,14H,2H2,1H3,(H,16,17). The Balaban J connectivity index is 1.85. The Hall–Kier alpha value is -1.79. The zero-order chi connectivity index (χ0) is 13.2. The van der Waals surface area contributed by atoms with E-state index in [4.69, 9.17) is 4.42 Å². The summed E-state index contributed by atoms with van der Waals surface area (Å²) in [7, 11) is 0. The van der Waals surface area contributed by atoms with Crippen LogP contribution in [0.1, 0.15) is 18.5 Å². The lowest BCUT2D eigenvalue weighted by atomic mass is 10.1. The van der Waals surface area contributed by atoms with Crippen LogP contribution in [0.25, 0.3) is 0 Å². The number of nitrogens with one attached hydrogen (secondary N) is 2. The van der Waals surface area contributed by atoms with Gasteiger partial charge in [0.1, 0.15) is 12.3 Å². The highest BCUT2D eigenvalue weighted by Crippen LogP contribution is 2.35. The molecule has 0 radical (unpaired) electrons. The number of aromatic nitrogens is 1. The number of rotatable bonds is 4. The van der Waals surface area contributed by atoms with Crippen LogP contribution in [-0.4, -0.2) is 17.4 Å². The van der Waals surface area contributed by atoms with Crippen molar-refractivity contribution < 1.29 is 9.21 Å². The van der Waals surface area contributed by atoms with Crippen LogP contribution in [0.15, 0.2) is 45.2 Å². The number of hydrogen-bond donors (Lipinski definition) is 2. The van der Waals surface area contributed by atoms with E-state index in [-0.39, 0.29) is 11.9 Å². The van der Waals surface area contributed by atoms with E-state index in [0.717, 1.165) is 22.7 Å². The quantitative estimate of drug-likeness (QED) is 0.897. The molecular formula is C13H13N3O2S. The maximum Gasteiger partial charge on any atom is 0.260 e. The Kier molecular flexibility index (Phi) is 3.27. The number of amides is 1. The molecule has 2 aromatic rings. The number of fused-ring (bicyclic) bond motifs is 1. The van der Waals surface area contributed by atoms with Crippen molar-refractivity contribution in [3.05, 3.63) is 36.2 Å². The molecule has 0 aliphatic carbocycles. The minimum Gasteiger partial charge on any atom is -0.440 e. The summed E-state index contributed by atoms with van der Waals surface area (Å²) in [4.78, 5) is 16.9. The number of likely N-dealkylation sites (N-methyl/N-ethyl adjacent to an activating group) is 1. The average Bonchev–Trinajstić information content (AvgIpc) is 2.99. The molecule has 0 saturated heterocycles. The first-order chi connectivity index (χ1) is 9.28. The normalized spacial score (nSPS) is 17.3. The third-order valence-electron chi connectivity index (χ3n) is 2.88. The predicted octanol–water partition coefficient (Wildman–Crippen LogP) is 2.43. The van der Waals surface area contributed by atoms with Crippen molar-refractivity contribution >= 4 is 23.4 Å². The van der Waals surface area contributed by atoms with Crippen LogP contribution in [0, 0.1) is 0 Å². The van der Waals surface area contributed by atoms with Gasteiger partial charge in [-0.2, -0.15) is 0 Å². The van der Waals surface area contributed by atoms with Crippen molar-refractivity contribution in [3.63, 3.8) is 0 Å². The average molecular weight is 275 g/mol. The van der Waals surface area contributed by atoms with E-state index in [1.54, 1.807) is 12.5 Å². The third kappa shape index (κ3) is 2.36. The summed E-state index contributed by atoms with van der Waals surface area (Å²) >= 11 is 1.43. The first kappa shape index (κ1) is 12.3. The molecule has 98 valence electrons. The maximum absolute atomic E-state index is 11.8. The highest BCUT2D eigenvalue weighted by atomic mass is 32.2. The van der Waals surface area contributed by atoms with E-state index in [9.17, 15) is 4.79 Å². The highest BCUT2D eigenvalue weighted by molar-refractivity contribution is 7.99. The van der Waals surface area contributed by atoms with Gasteiger partial charge >= 0.3 is 0 Å². The van der Waals surface area contributed by atoms with E-state index in [1.165, 1.54) is 11.8 Å². The number of carbonyl (C=O) groups is 1. The van der Waals surface area contributed by atoms with Gasteiger partial charge in [-0.25, -0.2) is 4.98 Å². The molecule has 1 amide bonds. The fraction of sp³-hybridized carbons (Fsp3) is 0.231. The second-order valence-corrected chi connectivity index (χ2v) is 5.15. The van der Waals surface area contributed by atoms with Crippen LogP contribution in [0.2, 0.25) is 0 Å². The van der Waals surface area contributed by atoms with Crippen molar-refractivity contribution in [1.29, 1.82) is 0 Å².